The second-order valence-electron chi connectivity index (χ2n) is 3.57. The van der Waals surface area contributed by atoms with Gasteiger partial charge in [-0.3, -0.25) is 0 Å². The van der Waals surface area contributed by atoms with Crippen LogP contribution in [0.1, 0.15) is 43.6 Å². The van der Waals surface area contributed by atoms with E-state index in [1.54, 1.807) is 0 Å². The van der Waals surface area contributed by atoms with E-state index >= 15 is 0 Å². The molecule has 1 fully saturated rings. The van der Waals surface area contributed by atoms with Gasteiger partial charge in [-0.2, -0.15) is 0 Å². The van der Waals surface area contributed by atoms with Gasteiger partial charge in [-0.15, -0.1) is 5.10 Å². The highest BCUT2D eigenvalue weighted by Gasteiger charge is 2.23. The summed E-state index contributed by atoms with van der Waals surface area (Å²) in [7, 11) is 0. The van der Waals surface area contributed by atoms with Gasteiger partial charge in [0, 0.05) is 6.54 Å². The SMILES string of the molecule is CCc1c(CN)nnn1C1CCC1. The molecule has 0 radical (unpaired) electrons. The summed E-state index contributed by atoms with van der Waals surface area (Å²) in [5.74, 6) is 0. The fraction of sp³-hybridized carbons (Fsp3) is 0.778. The van der Waals surface area contributed by atoms with Gasteiger partial charge in [0.1, 0.15) is 0 Å². The van der Waals surface area contributed by atoms with E-state index in [2.05, 4.69) is 21.9 Å². The molecule has 1 aromatic rings. The molecule has 4 heteroatoms. The molecule has 0 amide bonds. The molecule has 1 aromatic heterocycles. The Kier molecular flexibility index (Phi) is 2.31. The summed E-state index contributed by atoms with van der Waals surface area (Å²) in [5, 5.41) is 8.26. The molecular weight excluding hydrogens is 164 g/mol. The van der Waals surface area contributed by atoms with Gasteiger partial charge in [-0.05, 0) is 25.7 Å². The molecule has 1 aliphatic carbocycles. The molecule has 1 saturated carbocycles. The predicted molar refractivity (Wildman–Crippen MR) is 50.2 cm³/mol. The lowest BCUT2D eigenvalue weighted by Crippen LogP contribution is -2.20. The van der Waals surface area contributed by atoms with Gasteiger partial charge in [-0.1, -0.05) is 12.1 Å². The number of aromatic nitrogens is 3. The van der Waals surface area contributed by atoms with E-state index in [9.17, 15) is 0 Å². The third-order valence-corrected chi connectivity index (χ3v) is 2.82. The molecule has 0 saturated heterocycles. The first kappa shape index (κ1) is 8.69. The van der Waals surface area contributed by atoms with Crippen LogP contribution in [0, 0.1) is 0 Å². The van der Waals surface area contributed by atoms with E-state index < -0.39 is 0 Å². The highest BCUT2D eigenvalue weighted by atomic mass is 15.4. The van der Waals surface area contributed by atoms with Crippen molar-refractivity contribution < 1.29 is 0 Å². The maximum Gasteiger partial charge on any atom is 0.0994 e. The van der Waals surface area contributed by atoms with Crippen LogP contribution in [0.3, 0.4) is 0 Å². The Labute approximate surface area is 78.1 Å². The smallest absolute Gasteiger partial charge is 0.0994 e. The highest BCUT2D eigenvalue weighted by molar-refractivity contribution is 5.11. The molecule has 4 nitrogen and oxygen atoms in total. The average Bonchev–Trinajstić information content (AvgIpc) is 2.44. The third kappa shape index (κ3) is 1.35. The van der Waals surface area contributed by atoms with Gasteiger partial charge in [0.2, 0.25) is 0 Å². The molecule has 0 unspecified atom stereocenters. The minimum atomic E-state index is 0.510. The Hall–Kier alpha value is -0.900. The second kappa shape index (κ2) is 3.46. The molecule has 1 aliphatic rings. The lowest BCUT2D eigenvalue weighted by Gasteiger charge is -2.26. The summed E-state index contributed by atoms with van der Waals surface area (Å²) in [5.41, 5.74) is 7.78. The highest BCUT2D eigenvalue weighted by Crippen LogP contribution is 2.32. The van der Waals surface area contributed by atoms with Crippen LogP contribution < -0.4 is 5.73 Å². The first-order chi connectivity index (χ1) is 6.36. The van der Waals surface area contributed by atoms with Crippen LogP contribution in [-0.4, -0.2) is 15.0 Å². The lowest BCUT2D eigenvalue weighted by atomic mass is 9.93. The van der Waals surface area contributed by atoms with Crippen LogP contribution >= 0.6 is 0 Å². The molecule has 1 heterocycles. The number of hydrogen-bond acceptors (Lipinski definition) is 3. The summed E-state index contributed by atoms with van der Waals surface area (Å²) in [6, 6.07) is 0.600. The van der Waals surface area contributed by atoms with Crippen molar-refractivity contribution >= 4 is 0 Å². The first-order valence-corrected chi connectivity index (χ1v) is 4.99. The van der Waals surface area contributed by atoms with Gasteiger partial charge < -0.3 is 5.73 Å². The fourth-order valence-corrected chi connectivity index (χ4v) is 1.80. The minimum Gasteiger partial charge on any atom is -0.325 e. The summed E-state index contributed by atoms with van der Waals surface area (Å²) in [6.07, 6.45) is 4.81. The Morgan fingerprint density at radius 1 is 1.54 bits per heavy atom. The maximum atomic E-state index is 5.58. The van der Waals surface area contributed by atoms with Gasteiger partial charge in [0.05, 0.1) is 17.4 Å². The van der Waals surface area contributed by atoms with Crippen LogP contribution in [0.5, 0.6) is 0 Å². The molecule has 72 valence electrons. The van der Waals surface area contributed by atoms with Crippen LogP contribution in [0.25, 0.3) is 0 Å². The van der Waals surface area contributed by atoms with Gasteiger partial charge in [0.25, 0.3) is 0 Å². The summed E-state index contributed by atoms with van der Waals surface area (Å²) in [6.45, 7) is 2.64. The van der Waals surface area contributed by atoms with E-state index in [1.807, 2.05) is 0 Å². The second-order valence-corrected chi connectivity index (χ2v) is 3.57. The standard InChI is InChI=1S/C9H16N4/c1-2-9-8(6-10)11-12-13(9)7-4-3-5-7/h7H,2-6,10H2,1H3. The normalized spacial score (nSPS) is 17.4. The van der Waals surface area contributed by atoms with E-state index in [1.165, 1.54) is 25.0 Å². The van der Waals surface area contributed by atoms with Crippen molar-refractivity contribution in [2.45, 2.75) is 45.2 Å². The molecule has 0 atom stereocenters. The predicted octanol–water partition coefficient (Wildman–Crippen LogP) is 1.02. The third-order valence-electron chi connectivity index (χ3n) is 2.82. The van der Waals surface area contributed by atoms with E-state index in [0.29, 0.717) is 12.6 Å². The lowest BCUT2D eigenvalue weighted by molar-refractivity contribution is 0.278. The molecule has 13 heavy (non-hydrogen) atoms. The Morgan fingerprint density at radius 3 is 2.77 bits per heavy atom. The number of hydrogen-bond donors (Lipinski definition) is 1. The summed E-state index contributed by atoms with van der Waals surface area (Å²) < 4.78 is 2.08. The first-order valence-electron chi connectivity index (χ1n) is 4.99. The maximum absolute atomic E-state index is 5.58. The number of nitrogens with zero attached hydrogens (tertiary/aromatic N) is 3. The van der Waals surface area contributed by atoms with Crippen molar-refractivity contribution in [1.82, 2.24) is 15.0 Å². The quantitative estimate of drug-likeness (QED) is 0.755. The van der Waals surface area contributed by atoms with E-state index in [4.69, 9.17) is 5.73 Å². The Balaban J connectivity index is 2.28. The van der Waals surface area contributed by atoms with Crippen molar-refractivity contribution in [3.05, 3.63) is 11.4 Å². The molecule has 0 aliphatic heterocycles. The zero-order valence-corrected chi connectivity index (χ0v) is 8.03. The molecule has 2 rings (SSSR count). The van der Waals surface area contributed by atoms with Gasteiger partial charge in [0.15, 0.2) is 0 Å². The van der Waals surface area contributed by atoms with E-state index in [0.717, 1.165) is 12.1 Å². The van der Waals surface area contributed by atoms with Crippen molar-refractivity contribution in [2.24, 2.45) is 5.73 Å². The molecular formula is C9H16N4. The minimum absolute atomic E-state index is 0.510. The Morgan fingerprint density at radius 2 is 2.31 bits per heavy atom. The molecule has 2 N–H and O–H groups in total. The number of nitrogens with two attached hydrogens (primary N) is 1. The van der Waals surface area contributed by atoms with Crippen molar-refractivity contribution in [2.75, 3.05) is 0 Å². The van der Waals surface area contributed by atoms with Crippen LogP contribution in [0.4, 0.5) is 0 Å². The van der Waals surface area contributed by atoms with Crippen LogP contribution in [0.2, 0.25) is 0 Å². The van der Waals surface area contributed by atoms with E-state index in [-0.39, 0.29) is 0 Å². The topological polar surface area (TPSA) is 56.7 Å². The monoisotopic (exact) mass is 180 g/mol. The average molecular weight is 180 g/mol. The van der Waals surface area contributed by atoms with Crippen molar-refractivity contribution in [1.29, 1.82) is 0 Å². The molecule has 0 spiro atoms. The largest absolute Gasteiger partial charge is 0.325 e. The van der Waals surface area contributed by atoms with Crippen molar-refractivity contribution in [3.63, 3.8) is 0 Å². The summed E-state index contributed by atoms with van der Waals surface area (Å²) >= 11 is 0. The molecule has 0 bridgehead atoms. The van der Waals surface area contributed by atoms with Crippen LogP contribution in [0.15, 0.2) is 0 Å². The summed E-state index contributed by atoms with van der Waals surface area (Å²) in [4.78, 5) is 0. The molecule has 0 aromatic carbocycles. The zero-order valence-electron chi connectivity index (χ0n) is 8.03. The van der Waals surface area contributed by atoms with Crippen molar-refractivity contribution in [3.8, 4) is 0 Å². The zero-order chi connectivity index (χ0) is 9.26. The fourth-order valence-electron chi connectivity index (χ4n) is 1.80. The van der Waals surface area contributed by atoms with Gasteiger partial charge >= 0.3 is 0 Å². The van der Waals surface area contributed by atoms with Crippen LogP contribution in [-0.2, 0) is 13.0 Å². The Bertz CT molecular complexity index is 288. The van der Waals surface area contributed by atoms with Gasteiger partial charge in [-0.25, -0.2) is 4.68 Å². The number of rotatable bonds is 3.